The van der Waals surface area contributed by atoms with Gasteiger partial charge in [-0.1, -0.05) is 6.07 Å². The Hall–Kier alpha value is -3.29. The molecule has 146 valence electrons. The molecule has 8 heteroatoms. The monoisotopic (exact) mass is 385 g/mol. The van der Waals surface area contributed by atoms with Gasteiger partial charge in [0.05, 0.1) is 0 Å². The average molecular weight is 385 g/mol. The number of amides is 3. The van der Waals surface area contributed by atoms with Crippen molar-refractivity contribution in [2.75, 3.05) is 43.1 Å². The van der Waals surface area contributed by atoms with Crippen molar-refractivity contribution >= 4 is 23.3 Å². The van der Waals surface area contributed by atoms with Crippen molar-refractivity contribution in [1.29, 1.82) is 0 Å². The molecule has 0 bridgehead atoms. The summed E-state index contributed by atoms with van der Waals surface area (Å²) in [5.74, 6) is 0.498. The van der Waals surface area contributed by atoms with Crippen molar-refractivity contribution in [1.82, 2.24) is 4.90 Å². The van der Waals surface area contributed by atoms with Crippen LogP contribution >= 0.6 is 0 Å². The highest BCUT2D eigenvalue weighted by Gasteiger charge is 2.31. The molecule has 1 saturated heterocycles. The smallest absolute Gasteiger partial charge is 0.325 e. The van der Waals surface area contributed by atoms with Crippen LogP contribution in [0, 0.1) is 12.7 Å². The molecule has 2 aromatic carbocycles. The first kappa shape index (κ1) is 18.1. The van der Waals surface area contributed by atoms with E-state index in [1.54, 1.807) is 42.2 Å². The maximum atomic E-state index is 13.6. The fourth-order valence-electron chi connectivity index (χ4n) is 3.21. The predicted molar refractivity (Wildman–Crippen MR) is 102 cm³/mol. The van der Waals surface area contributed by atoms with E-state index in [2.05, 4.69) is 5.32 Å². The average Bonchev–Trinajstić information content (AvgIpc) is 3.04. The molecule has 0 radical (unpaired) electrons. The molecule has 0 atom stereocenters. The molecule has 1 N–H and O–H groups in total. The standard InChI is InChI=1S/C20H20FN3O4/c1-13-2-3-14(10-16(13)21)22-19(25)12-23-6-7-24(20(23)26)15-4-5-17-18(11-15)28-9-8-27-17/h2-5,10-11H,6-9,12H2,1H3,(H,22,25). The molecule has 2 heterocycles. The molecule has 4 rings (SSSR count). The van der Waals surface area contributed by atoms with Gasteiger partial charge in [-0.25, -0.2) is 9.18 Å². The summed E-state index contributed by atoms with van der Waals surface area (Å²) in [5, 5.41) is 2.63. The second-order valence-corrected chi connectivity index (χ2v) is 6.70. The van der Waals surface area contributed by atoms with Gasteiger partial charge in [0.1, 0.15) is 25.6 Å². The van der Waals surface area contributed by atoms with Gasteiger partial charge in [-0.2, -0.15) is 0 Å². The van der Waals surface area contributed by atoms with Crippen LogP contribution < -0.4 is 19.7 Å². The van der Waals surface area contributed by atoms with Crippen molar-refractivity contribution in [2.24, 2.45) is 0 Å². The van der Waals surface area contributed by atoms with E-state index in [1.807, 2.05) is 0 Å². The number of anilines is 2. The molecule has 2 aliphatic rings. The lowest BCUT2D eigenvalue weighted by Gasteiger charge is -2.22. The number of urea groups is 1. The number of benzene rings is 2. The number of carbonyl (C=O) groups is 2. The van der Waals surface area contributed by atoms with Gasteiger partial charge in [0.25, 0.3) is 0 Å². The van der Waals surface area contributed by atoms with E-state index in [4.69, 9.17) is 9.47 Å². The first-order valence-electron chi connectivity index (χ1n) is 9.03. The van der Waals surface area contributed by atoms with Crippen molar-refractivity contribution in [3.63, 3.8) is 0 Å². The number of rotatable bonds is 4. The van der Waals surface area contributed by atoms with Crippen molar-refractivity contribution in [2.45, 2.75) is 6.92 Å². The minimum Gasteiger partial charge on any atom is -0.486 e. The highest BCUT2D eigenvalue weighted by molar-refractivity contribution is 5.99. The first-order valence-corrected chi connectivity index (χ1v) is 9.03. The number of fused-ring (bicyclic) bond motifs is 1. The topological polar surface area (TPSA) is 71.1 Å². The van der Waals surface area contributed by atoms with Crippen LogP contribution in [0.25, 0.3) is 0 Å². The van der Waals surface area contributed by atoms with Gasteiger partial charge >= 0.3 is 6.03 Å². The van der Waals surface area contributed by atoms with E-state index < -0.39 is 0 Å². The summed E-state index contributed by atoms with van der Waals surface area (Å²) < 4.78 is 24.7. The van der Waals surface area contributed by atoms with E-state index in [-0.39, 0.29) is 24.3 Å². The van der Waals surface area contributed by atoms with E-state index in [0.717, 1.165) is 0 Å². The Bertz CT molecular complexity index is 934. The van der Waals surface area contributed by atoms with E-state index >= 15 is 0 Å². The zero-order valence-corrected chi connectivity index (χ0v) is 15.4. The fraction of sp³-hybridized carbons (Fsp3) is 0.300. The summed E-state index contributed by atoms with van der Waals surface area (Å²) in [6.45, 7) is 3.40. The summed E-state index contributed by atoms with van der Waals surface area (Å²) >= 11 is 0. The van der Waals surface area contributed by atoms with Gasteiger partial charge in [-0.15, -0.1) is 0 Å². The van der Waals surface area contributed by atoms with Gasteiger partial charge in [0, 0.05) is 30.5 Å². The maximum absolute atomic E-state index is 13.6. The number of halogens is 1. The third-order valence-corrected chi connectivity index (χ3v) is 4.72. The summed E-state index contributed by atoms with van der Waals surface area (Å²) in [6.07, 6.45) is 0. The normalized spacial score (nSPS) is 15.7. The van der Waals surface area contributed by atoms with Gasteiger partial charge < -0.3 is 19.7 Å². The van der Waals surface area contributed by atoms with E-state index in [1.165, 1.54) is 11.0 Å². The summed E-state index contributed by atoms with van der Waals surface area (Å²) in [6, 6.07) is 9.56. The van der Waals surface area contributed by atoms with Crippen LogP contribution in [0.1, 0.15) is 5.56 Å². The lowest BCUT2D eigenvalue weighted by molar-refractivity contribution is -0.116. The van der Waals surface area contributed by atoms with Gasteiger partial charge in [0.15, 0.2) is 11.5 Å². The quantitative estimate of drug-likeness (QED) is 0.879. The Morgan fingerprint density at radius 3 is 2.68 bits per heavy atom. The molecule has 3 amide bonds. The summed E-state index contributed by atoms with van der Waals surface area (Å²) in [7, 11) is 0. The molecule has 0 unspecified atom stereocenters. The molecular formula is C20H20FN3O4. The predicted octanol–water partition coefficient (Wildman–Crippen LogP) is 2.79. The first-order chi connectivity index (χ1) is 13.5. The van der Waals surface area contributed by atoms with Crippen LogP contribution in [-0.4, -0.2) is 49.7 Å². The Labute approximate surface area is 161 Å². The number of aryl methyl sites for hydroxylation is 1. The zero-order chi connectivity index (χ0) is 19.7. The lowest BCUT2D eigenvalue weighted by atomic mass is 10.2. The van der Waals surface area contributed by atoms with Crippen LogP contribution in [0.3, 0.4) is 0 Å². The largest absolute Gasteiger partial charge is 0.486 e. The van der Waals surface area contributed by atoms with Gasteiger partial charge in [-0.05, 0) is 36.8 Å². The highest BCUT2D eigenvalue weighted by atomic mass is 19.1. The molecule has 2 aromatic rings. The Balaban J connectivity index is 1.40. The van der Waals surface area contributed by atoms with Crippen LogP contribution in [0.4, 0.5) is 20.6 Å². The van der Waals surface area contributed by atoms with Crippen LogP contribution in [-0.2, 0) is 4.79 Å². The molecule has 0 saturated carbocycles. The second-order valence-electron chi connectivity index (χ2n) is 6.70. The van der Waals surface area contributed by atoms with Gasteiger partial charge in [0.2, 0.25) is 5.91 Å². The summed E-state index contributed by atoms with van der Waals surface area (Å²) in [4.78, 5) is 28.0. The Morgan fingerprint density at radius 1 is 1.11 bits per heavy atom. The van der Waals surface area contributed by atoms with Crippen LogP contribution in [0.5, 0.6) is 11.5 Å². The molecule has 0 aliphatic carbocycles. The third kappa shape index (κ3) is 3.58. The molecule has 7 nitrogen and oxygen atoms in total. The number of hydrogen-bond acceptors (Lipinski definition) is 4. The number of carbonyl (C=O) groups excluding carboxylic acids is 2. The minimum atomic E-state index is -0.389. The van der Waals surface area contributed by atoms with Crippen LogP contribution in [0.15, 0.2) is 36.4 Å². The second kappa shape index (κ2) is 7.38. The molecule has 0 spiro atoms. The van der Waals surface area contributed by atoms with E-state index in [9.17, 15) is 14.0 Å². The number of ether oxygens (including phenoxy) is 2. The highest BCUT2D eigenvalue weighted by Crippen LogP contribution is 2.35. The molecule has 28 heavy (non-hydrogen) atoms. The van der Waals surface area contributed by atoms with Gasteiger partial charge in [-0.3, -0.25) is 9.69 Å². The summed E-state index contributed by atoms with van der Waals surface area (Å²) in [5.41, 5.74) is 1.56. The van der Waals surface area contributed by atoms with Crippen molar-refractivity contribution < 1.29 is 23.5 Å². The lowest BCUT2D eigenvalue weighted by Crippen LogP contribution is -2.37. The fourth-order valence-corrected chi connectivity index (χ4v) is 3.21. The number of nitrogens with one attached hydrogen (secondary N) is 1. The molecule has 0 aromatic heterocycles. The molecular weight excluding hydrogens is 365 g/mol. The van der Waals surface area contributed by atoms with E-state index in [0.29, 0.717) is 54.7 Å². The Morgan fingerprint density at radius 2 is 1.89 bits per heavy atom. The number of nitrogens with zero attached hydrogens (tertiary/aromatic N) is 2. The van der Waals surface area contributed by atoms with Crippen molar-refractivity contribution in [3.8, 4) is 11.5 Å². The minimum absolute atomic E-state index is 0.102. The molecule has 1 fully saturated rings. The van der Waals surface area contributed by atoms with Crippen molar-refractivity contribution in [3.05, 3.63) is 47.8 Å². The molecule has 2 aliphatic heterocycles. The third-order valence-electron chi connectivity index (χ3n) is 4.72. The maximum Gasteiger partial charge on any atom is 0.325 e. The van der Waals surface area contributed by atoms with Crippen LogP contribution in [0.2, 0.25) is 0 Å². The SMILES string of the molecule is Cc1ccc(NC(=O)CN2CCN(c3ccc4c(c3)OCCO4)C2=O)cc1F. The Kier molecular flexibility index (Phi) is 4.77. The zero-order valence-electron chi connectivity index (χ0n) is 15.4. The number of hydrogen-bond donors (Lipinski definition) is 1.